The van der Waals surface area contributed by atoms with Crippen LogP contribution in [0.25, 0.3) is 0 Å². The van der Waals surface area contributed by atoms with E-state index in [9.17, 15) is 13.2 Å². The fraction of sp³-hybridized carbons (Fsp3) is 0.700. The fourth-order valence-corrected chi connectivity index (χ4v) is 1.63. The first kappa shape index (κ1) is 16.1. The summed E-state index contributed by atoms with van der Waals surface area (Å²) >= 11 is 0. The Hall–Kier alpha value is -0.920. The lowest BCUT2D eigenvalue weighted by molar-refractivity contribution is -0.930. The minimum Gasteiger partial charge on any atom is -0.409 e. The van der Waals surface area contributed by atoms with Crippen LogP contribution in [-0.4, -0.2) is 56.0 Å². The zero-order valence-electron chi connectivity index (χ0n) is 10.6. The van der Waals surface area contributed by atoms with Crippen LogP contribution in [0.1, 0.15) is 13.8 Å². The van der Waals surface area contributed by atoms with E-state index in [1.54, 1.807) is 21.0 Å². The Morgan fingerprint density at radius 1 is 1.47 bits per heavy atom. The third kappa shape index (κ3) is 6.40. The Bertz CT molecular complexity index is 399. The Kier molecular flexibility index (Phi) is 5.31. The van der Waals surface area contributed by atoms with Gasteiger partial charge in [-0.3, -0.25) is 9.04 Å². The van der Waals surface area contributed by atoms with Crippen molar-refractivity contribution in [1.29, 1.82) is 0 Å². The van der Waals surface area contributed by atoms with Gasteiger partial charge in [-0.15, -0.1) is 0 Å². The quantitative estimate of drug-likeness (QED) is 0.248. The molecule has 0 aromatic rings. The highest BCUT2D eigenvalue weighted by Gasteiger charge is 2.29. The van der Waals surface area contributed by atoms with Gasteiger partial charge in [0.25, 0.3) is 10.1 Å². The summed E-state index contributed by atoms with van der Waals surface area (Å²) < 4.78 is 35.2. The van der Waals surface area contributed by atoms with Gasteiger partial charge in [-0.1, -0.05) is 6.58 Å². The Labute approximate surface area is 102 Å². The van der Waals surface area contributed by atoms with Gasteiger partial charge in [0.2, 0.25) is 6.23 Å². The van der Waals surface area contributed by atoms with Crippen molar-refractivity contribution in [1.82, 2.24) is 0 Å². The maximum absolute atomic E-state index is 11.3. The molecule has 0 aromatic heterocycles. The van der Waals surface area contributed by atoms with E-state index in [4.69, 9.17) is 9.29 Å². The van der Waals surface area contributed by atoms with Gasteiger partial charge in [-0.2, -0.15) is 8.42 Å². The molecule has 1 atom stereocenters. The maximum Gasteiger partial charge on any atom is 0.337 e. The topological polar surface area (TPSA) is 80.7 Å². The average molecular weight is 266 g/mol. The monoisotopic (exact) mass is 266 g/mol. The molecule has 0 fully saturated rings. The Morgan fingerprint density at radius 3 is 2.29 bits per heavy atom. The third-order valence-corrected chi connectivity index (χ3v) is 3.23. The molecule has 0 spiro atoms. The lowest BCUT2D eigenvalue weighted by Crippen LogP contribution is -2.51. The molecule has 0 aliphatic heterocycles. The van der Waals surface area contributed by atoms with Gasteiger partial charge in [-0.05, 0) is 6.92 Å². The highest BCUT2D eigenvalue weighted by Crippen LogP contribution is 2.10. The van der Waals surface area contributed by atoms with Gasteiger partial charge < -0.3 is 4.74 Å². The van der Waals surface area contributed by atoms with E-state index in [1.807, 2.05) is 0 Å². The lowest BCUT2D eigenvalue weighted by atomic mass is 10.3. The second-order valence-corrected chi connectivity index (χ2v) is 6.15. The maximum atomic E-state index is 11.3. The Balaban J connectivity index is 4.49. The smallest absolute Gasteiger partial charge is 0.337 e. The number of carbonyl (C=O) groups excluding carboxylic acids is 1. The van der Waals surface area contributed by atoms with E-state index in [0.29, 0.717) is 0 Å². The molecular weight excluding hydrogens is 246 g/mol. The normalized spacial score (nSPS) is 14.2. The number of carbonyl (C=O) groups is 1. The molecule has 1 unspecified atom stereocenters. The molecule has 0 aromatic carbocycles. The summed E-state index contributed by atoms with van der Waals surface area (Å²) in [6, 6.07) is 0. The first-order valence-corrected chi connectivity index (χ1v) is 6.71. The van der Waals surface area contributed by atoms with E-state index in [-0.39, 0.29) is 22.4 Å². The highest BCUT2D eigenvalue weighted by molar-refractivity contribution is 7.85. The van der Waals surface area contributed by atoms with Crippen LogP contribution in [0.5, 0.6) is 0 Å². The number of hydrogen-bond donors (Lipinski definition) is 1. The van der Waals surface area contributed by atoms with Crippen LogP contribution >= 0.6 is 0 Å². The molecular formula is C10H20NO5S+. The fourth-order valence-electron chi connectivity index (χ4n) is 0.931. The van der Waals surface area contributed by atoms with Gasteiger partial charge in [0, 0.05) is 12.5 Å². The average Bonchev–Trinajstić information content (AvgIpc) is 2.13. The lowest BCUT2D eigenvalue weighted by Gasteiger charge is -2.34. The van der Waals surface area contributed by atoms with E-state index >= 15 is 0 Å². The van der Waals surface area contributed by atoms with Crippen molar-refractivity contribution in [2.45, 2.75) is 20.1 Å². The zero-order chi connectivity index (χ0) is 13.9. The zero-order valence-corrected chi connectivity index (χ0v) is 11.5. The SMILES string of the molecule is C=C(C)C(=O)OC(C)[N+](C)(C)CCS(=O)(=O)O. The highest BCUT2D eigenvalue weighted by atomic mass is 32.2. The molecule has 0 bridgehead atoms. The van der Waals surface area contributed by atoms with E-state index in [1.165, 1.54) is 6.92 Å². The Morgan fingerprint density at radius 2 is 1.94 bits per heavy atom. The number of quaternary nitrogens is 1. The first-order valence-electron chi connectivity index (χ1n) is 5.10. The van der Waals surface area contributed by atoms with Gasteiger partial charge in [0.1, 0.15) is 5.75 Å². The van der Waals surface area contributed by atoms with Crippen LogP contribution < -0.4 is 0 Å². The summed E-state index contributed by atoms with van der Waals surface area (Å²) in [6.45, 7) is 6.79. The second kappa shape index (κ2) is 5.61. The summed E-state index contributed by atoms with van der Waals surface area (Å²) in [5.74, 6) is -0.898. The van der Waals surface area contributed by atoms with Crippen molar-refractivity contribution >= 4 is 16.1 Å². The molecule has 0 aliphatic carbocycles. The van der Waals surface area contributed by atoms with Crippen molar-refractivity contribution in [2.75, 3.05) is 26.4 Å². The van der Waals surface area contributed by atoms with Gasteiger partial charge in [0.05, 0.1) is 20.6 Å². The van der Waals surface area contributed by atoms with Crippen LogP contribution in [0.2, 0.25) is 0 Å². The molecule has 0 amide bonds. The number of ether oxygens (including phenoxy) is 1. The van der Waals surface area contributed by atoms with Crippen molar-refractivity contribution in [2.24, 2.45) is 0 Å². The van der Waals surface area contributed by atoms with Crippen LogP contribution in [0.4, 0.5) is 0 Å². The summed E-state index contributed by atoms with van der Waals surface area (Å²) in [4.78, 5) is 11.3. The number of rotatable bonds is 6. The molecule has 6 nitrogen and oxygen atoms in total. The molecule has 0 saturated carbocycles. The van der Waals surface area contributed by atoms with Crippen molar-refractivity contribution < 1.29 is 27.0 Å². The van der Waals surface area contributed by atoms with Gasteiger partial charge in [-0.25, -0.2) is 4.79 Å². The van der Waals surface area contributed by atoms with Gasteiger partial charge in [0.15, 0.2) is 0 Å². The molecule has 0 radical (unpaired) electrons. The summed E-state index contributed by atoms with van der Waals surface area (Å²) in [7, 11) is -0.590. The van der Waals surface area contributed by atoms with Crippen LogP contribution in [0, 0.1) is 0 Å². The summed E-state index contributed by atoms with van der Waals surface area (Å²) in [6.07, 6.45) is -0.527. The van der Waals surface area contributed by atoms with Crippen LogP contribution in [-0.2, 0) is 19.6 Å². The predicted molar refractivity (Wildman–Crippen MR) is 63.8 cm³/mol. The van der Waals surface area contributed by atoms with E-state index < -0.39 is 22.3 Å². The standard InChI is InChI=1S/C10H19NO5S/c1-8(2)10(12)16-9(3)11(4,5)6-7-17(13,14)15/h9H,1,6-7H2,2-5H3/p+1. The summed E-state index contributed by atoms with van der Waals surface area (Å²) in [5, 5.41) is 0. The largest absolute Gasteiger partial charge is 0.409 e. The van der Waals surface area contributed by atoms with Crippen LogP contribution in [0.15, 0.2) is 12.2 Å². The van der Waals surface area contributed by atoms with Crippen molar-refractivity contribution in [3.8, 4) is 0 Å². The third-order valence-electron chi connectivity index (χ3n) is 2.54. The minimum absolute atomic E-state index is 0.138. The van der Waals surface area contributed by atoms with Crippen LogP contribution in [0.3, 0.4) is 0 Å². The second-order valence-electron chi connectivity index (χ2n) is 4.57. The minimum atomic E-state index is -4.01. The molecule has 7 heteroatoms. The molecule has 0 heterocycles. The molecule has 0 aliphatic rings. The van der Waals surface area contributed by atoms with Crippen molar-refractivity contribution in [3.05, 3.63) is 12.2 Å². The van der Waals surface area contributed by atoms with Gasteiger partial charge >= 0.3 is 5.97 Å². The first-order chi connectivity index (χ1) is 7.46. The van der Waals surface area contributed by atoms with Crippen molar-refractivity contribution in [3.63, 3.8) is 0 Å². The molecule has 0 saturated heterocycles. The summed E-state index contributed by atoms with van der Waals surface area (Å²) in [5.41, 5.74) is 0.284. The number of esters is 1. The number of hydrogen-bond acceptors (Lipinski definition) is 4. The molecule has 0 rings (SSSR count). The predicted octanol–water partition coefficient (Wildman–Crippen LogP) is 0.416. The molecule has 100 valence electrons. The molecule has 17 heavy (non-hydrogen) atoms. The van der Waals surface area contributed by atoms with E-state index in [0.717, 1.165) is 0 Å². The molecule has 1 N–H and O–H groups in total. The van der Waals surface area contributed by atoms with E-state index in [2.05, 4.69) is 6.58 Å². The number of nitrogens with zero attached hydrogens (tertiary/aromatic N) is 1.